The van der Waals surface area contributed by atoms with E-state index in [0.717, 1.165) is 12.3 Å². The highest BCUT2D eigenvalue weighted by Crippen LogP contribution is 2.33. The van der Waals surface area contributed by atoms with Crippen LogP contribution in [0.25, 0.3) is 0 Å². The number of halogens is 2. The molecule has 0 atom stereocenters. The third-order valence-electron chi connectivity index (χ3n) is 2.65. The molecule has 84 valence electrons. The van der Waals surface area contributed by atoms with Gasteiger partial charge in [-0.2, -0.15) is 5.26 Å². The smallest absolute Gasteiger partial charge is 0.180 e. The number of hydrogen-bond acceptors (Lipinski definition) is 2. The molecule has 1 fully saturated rings. The minimum Gasteiger partial charge on any atom is -0.490 e. The maximum Gasteiger partial charge on any atom is 0.180 e. The van der Waals surface area contributed by atoms with Crippen molar-refractivity contribution in [2.24, 2.45) is 5.92 Å². The molecular weight excluding hydrogens is 273 g/mol. The van der Waals surface area contributed by atoms with E-state index in [9.17, 15) is 4.39 Å². The quantitative estimate of drug-likeness (QED) is 0.845. The molecule has 2 rings (SSSR count). The summed E-state index contributed by atoms with van der Waals surface area (Å²) in [6, 6.07) is 4.97. The van der Waals surface area contributed by atoms with Crippen LogP contribution < -0.4 is 4.74 Å². The fraction of sp³-hybridized carbons (Fsp3) is 0.417. The van der Waals surface area contributed by atoms with E-state index in [1.807, 2.05) is 6.07 Å². The first-order valence-corrected chi connectivity index (χ1v) is 6.02. The molecular formula is C12H11BrFNO. The first-order chi connectivity index (χ1) is 7.72. The molecule has 0 heterocycles. The van der Waals surface area contributed by atoms with E-state index in [4.69, 9.17) is 10.00 Å². The van der Waals surface area contributed by atoms with Crippen LogP contribution in [0, 0.1) is 23.1 Å². The van der Waals surface area contributed by atoms with Gasteiger partial charge in [0.15, 0.2) is 11.6 Å². The number of benzene rings is 1. The fourth-order valence-electron chi connectivity index (χ4n) is 1.47. The summed E-state index contributed by atoms with van der Waals surface area (Å²) >= 11 is 3.05. The summed E-state index contributed by atoms with van der Waals surface area (Å²) in [5.74, 6) is 0.492. The first kappa shape index (κ1) is 11.4. The lowest BCUT2D eigenvalue weighted by atomic mass is 10.2. The summed E-state index contributed by atoms with van der Waals surface area (Å²) in [7, 11) is 0. The Morgan fingerprint density at radius 1 is 1.50 bits per heavy atom. The van der Waals surface area contributed by atoms with Crippen molar-refractivity contribution in [3.05, 3.63) is 28.0 Å². The lowest BCUT2D eigenvalue weighted by Gasteiger charge is -2.08. The summed E-state index contributed by atoms with van der Waals surface area (Å²) in [6.07, 6.45) is 3.52. The topological polar surface area (TPSA) is 33.0 Å². The zero-order valence-electron chi connectivity index (χ0n) is 8.67. The monoisotopic (exact) mass is 283 g/mol. The highest BCUT2D eigenvalue weighted by atomic mass is 79.9. The molecule has 16 heavy (non-hydrogen) atoms. The lowest BCUT2D eigenvalue weighted by Crippen LogP contribution is -2.01. The third-order valence-corrected chi connectivity index (χ3v) is 3.42. The minimum atomic E-state index is -0.491. The van der Waals surface area contributed by atoms with Crippen LogP contribution >= 0.6 is 15.9 Å². The summed E-state index contributed by atoms with van der Waals surface area (Å²) < 4.78 is 19.2. The normalized spacial score (nSPS) is 14.6. The predicted molar refractivity (Wildman–Crippen MR) is 61.7 cm³/mol. The van der Waals surface area contributed by atoms with Crippen molar-refractivity contribution in [1.82, 2.24) is 0 Å². The SMILES string of the molecule is N#Cc1ccc(OCCC2CC2)c(F)c1Br. The van der Waals surface area contributed by atoms with Gasteiger partial charge in [0.1, 0.15) is 6.07 Å². The van der Waals surface area contributed by atoms with E-state index in [-0.39, 0.29) is 15.8 Å². The van der Waals surface area contributed by atoms with Crippen molar-refractivity contribution in [1.29, 1.82) is 5.26 Å². The number of hydrogen-bond donors (Lipinski definition) is 0. The van der Waals surface area contributed by atoms with Gasteiger partial charge < -0.3 is 4.74 Å². The maximum atomic E-state index is 13.7. The maximum absolute atomic E-state index is 13.7. The van der Waals surface area contributed by atoms with Gasteiger partial charge in [-0.05, 0) is 40.4 Å². The van der Waals surface area contributed by atoms with Gasteiger partial charge in [0, 0.05) is 0 Å². The molecule has 0 amide bonds. The Bertz CT molecular complexity index is 437. The summed E-state index contributed by atoms with van der Waals surface area (Å²) in [4.78, 5) is 0. The minimum absolute atomic E-state index is 0.180. The Labute approximate surface area is 102 Å². The van der Waals surface area contributed by atoms with Gasteiger partial charge in [-0.3, -0.25) is 0 Å². The molecule has 1 saturated carbocycles. The average molecular weight is 284 g/mol. The number of rotatable bonds is 4. The van der Waals surface area contributed by atoms with Crippen LogP contribution in [-0.4, -0.2) is 6.61 Å². The Kier molecular flexibility index (Phi) is 3.45. The highest BCUT2D eigenvalue weighted by molar-refractivity contribution is 9.10. The summed E-state index contributed by atoms with van der Waals surface area (Å²) in [5, 5.41) is 8.70. The molecule has 1 aliphatic rings. The zero-order valence-corrected chi connectivity index (χ0v) is 10.3. The molecule has 0 unspecified atom stereocenters. The highest BCUT2D eigenvalue weighted by Gasteiger charge is 2.21. The summed E-state index contributed by atoms with van der Waals surface area (Å²) in [6.45, 7) is 0.542. The van der Waals surface area contributed by atoms with Gasteiger partial charge in [0.05, 0.1) is 16.6 Å². The number of nitriles is 1. The zero-order chi connectivity index (χ0) is 11.5. The van der Waals surface area contributed by atoms with Crippen molar-refractivity contribution in [3.8, 4) is 11.8 Å². The third kappa shape index (κ3) is 2.53. The van der Waals surface area contributed by atoms with E-state index in [1.54, 1.807) is 6.07 Å². The Hall–Kier alpha value is -1.08. The van der Waals surface area contributed by atoms with Crippen LogP contribution in [-0.2, 0) is 0 Å². The van der Waals surface area contributed by atoms with Crippen LogP contribution in [0.1, 0.15) is 24.8 Å². The van der Waals surface area contributed by atoms with Gasteiger partial charge in [0.2, 0.25) is 0 Å². The molecule has 1 aliphatic carbocycles. The predicted octanol–water partition coefficient (Wildman–Crippen LogP) is 3.64. The Morgan fingerprint density at radius 2 is 2.25 bits per heavy atom. The van der Waals surface area contributed by atoms with Crippen molar-refractivity contribution < 1.29 is 9.13 Å². The summed E-state index contributed by atoms with van der Waals surface area (Å²) in [5.41, 5.74) is 0.284. The molecule has 0 saturated heterocycles. The van der Waals surface area contributed by atoms with Gasteiger partial charge >= 0.3 is 0 Å². The molecule has 0 aliphatic heterocycles. The first-order valence-electron chi connectivity index (χ1n) is 5.23. The van der Waals surface area contributed by atoms with Crippen LogP contribution in [0.3, 0.4) is 0 Å². The van der Waals surface area contributed by atoms with Gasteiger partial charge in [-0.15, -0.1) is 0 Å². The molecule has 0 aromatic heterocycles. The number of nitrogens with zero attached hydrogens (tertiary/aromatic N) is 1. The van der Waals surface area contributed by atoms with Crippen molar-refractivity contribution >= 4 is 15.9 Å². The standard InChI is InChI=1S/C12H11BrFNO/c13-11-9(7-15)3-4-10(12(11)14)16-6-5-8-1-2-8/h3-4,8H,1-2,5-6H2. The second-order valence-electron chi connectivity index (χ2n) is 3.93. The van der Waals surface area contributed by atoms with Crippen molar-refractivity contribution in [2.45, 2.75) is 19.3 Å². The second kappa shape index (κ2) is 4.84. The fourth-order valence-corrected chi connectivity index (χ4v) is 1.89. The molecule has 0 radical (unpaired) electrons. The molecule has 1 aromatic carbocycles. The van der Waals surface area contributed by atoms with Crippen LogP contribution in [0.4, 0.5) is 4.39 Å². The lowest BCUT2D eigenvalue weighted by molar-refractivity contribution is 0.287. The van der Waals surface area contributed by atoms with E-state index in [1.165, 1.54) is 18.9 Å². The molecule has 4 heteroatoms. The Morgan fingerprint density at radius 3 is 2.88 bits per heavy atom. The van der Waals surface area contributed by atoms with E-state index < -0.39 is 5.82 Å². The second-order valence-corrected chi connectivity index (χ2v) is 4.72. The van der Waals surface area contributed by atoms with Gasteiger partial charge in [0.25, 0.3) is 0 Å². The van der Waals surface area contributed by atoms with E-state index >= 15 is 0 Å². The van der Waals surface area contributed by atoms with Crippen LogP contribution in [0.5, 0.6) is 5.75 Å². The molecule has 0 spiro atoms. The molecule has 0 bridgehead atoms. The van der Waals surface area contributed by atoms with Gasteiger partial charge in [-0.25, -0.2) is 4.39 Å². The Balaban J connectivity index is 2.03. The molecule has 0 N–H and O–H groups in total. The van der Waals surface area contributed by atoms with Crippen molar-refractivity contribution in [3.63, 3.8) is 0 Å². The van der Waals surface area contributed by atoms with E-state index in [2.05, 4.69) is 15.9 Å². The van der Waals surface area contributed by atoms with E-state index in [0.29, 0.717) is 6.61 Å². The number of ether oxygens (including phenoxy) is 1. The van der Waals surface area contributed by atoms with Crippen LogP contribution in [0.15, 0.2) is 16.6 Å². The average Bonchev–Trinajstić information content (AvgIpc) is 3.08. The molecule has 2 nitrogen and oxygen atoms in total. The molecule has 1 aromatic rings. The van der Waals surface area contributed by atoms with Gasteiger partial charge in [-0.1, -0.05) is 12.8 Å². The van der Waals surface area contributed by atoms with Crippen LogP contribution in [0.2, 0.25) is 0 Å². The van der Waals surface area contributed by atoms with Crippen molar-refractivity contribution in [2.75, 3.05) is 6.61 Å². The largest absolute Gasteiger partial charge is 0.490 e.